The van der Waals surface area contributed by atoms with Crippen LogP contribution in [0.2, 0.25) is 0 Å². The standard InChI is InChI=1S/C12H21NO2S/c1-15-12(14)11-7-8-13(11)9-3-5-10(16-2)6-4-9/h9-11H,3-8H2,1-2H3. The van der Waals surface area contributed by atoms with E-state index >= 15 is 0 Å². The summed E-state index contributed by atoms with van der Waals surface area (Å²) in [4.78, 5) is 13.8. The van der Waals surface area contributed by atoms with Crippen LogP contribution in [0.3, 0.4) is 0 Å². The number of likely N-dealkylation sites (tertiary alicyclic amines) is 1. The summed E-state index contributed by atoms with van der Waals surface area (Å²) in [6.07, 6.45) is 8.28. The van der Waals surface area contributed by atoms with Crippen molar-refractivity contribution in [1.29, 1.82) is 0 Å². The van der Waals surface area contributed by atoms with E-state index in [1.807, 2.05) is 11.8 Å². The Morgan fingerprint density at radius 3 is 2.38 bits per heavy atom. The summed E-state index contributed by atoms with van der Waals surface area (Å²) < 4.78 is 4.83. The zero-order valence-corrected chi connectivity index (χ0v) is 11.0. The Bertz CT molecular complexity index is 251. The van der Waals surface area contributed by atoms with E-state index in [4.69, 9.17) is 4.74 Å². The fourth-order valence-corrected chi connectivity index (χ4v) is 3.59. The number of carbonyl (C=O) groups is 1. The van der Waals surface area contributed by atoms with Gasteiger partial charge in [0, 0.05) is 17.8 Å². The molecule has 2 rings (SSSR count). The van der Waals surface area contributed by atoms with E-state index in [2.05, 4.69) is 11.2 Å². The van der Waals surface area contributed by atoms with Crippen molar-refractivity contribution in [3.05, 3.63) is 0 Å². The van der Waals surface area contributed by atoms with Crippen molar-refractivity contribution >= 4 is 17.7 Å². The maximum Gasteiger partial charge on any atom is 0.323 e. The number of hydrogen-bond donors (Lipinski definition) is 0. The number of thioether (sulfide) groups is 1. The Labute approximate surface area is 102 Å². The summed E-state index contributed by atoms with van der Waals surface area (Å²) in [6.45, 7) is 1.08. The molecule has 1 heterocycles. The van der Waals surface area contributed by atoms with Crippen LogP contribution in [-0.4, -0.2) is 48.1 Å². The largest absolute Gasteiger partial charge is 0.468 e. The molecule has 1 atom stereocenters. The minimum Gasteiger partial charge on any atom is -0.468 e. The third-order valence-corrected chi connectivity index (χ3v) is 5.12. The summed E-state index contributed by atoms with van der Waals surface area (Å²) in [6, 6.07) is 0.682. The SMILES string of the molecule is COC(=O)C1CCN1C1CCC(SC)CC1. The highest BCUT2D eigenvalue weighted by Gasteiger charge is 2.40. The molecule has 1 saturated carbocycles. The van der Waals surface area contributed by atoms with Crippen LogP contribution in [0, 0.1) is 0 Å². The van der Waals surface area contributed by atoms with Gasteiger partial charge < -0.3 is 4.74 Å². The minimum atomic E-state index is -0.0433. The zero-order chi connectivity index (χ0) is 11.5. The first-order chi connectivity index (χ1) is 7.76. The Hall–Kier alpha value is -0.220. The number of ether oxygens (including phenoxy) is 1. The number of carbonyl (C=O) groups excluding carboxylic acids is 1. The van der Waals surface area contributed by atoms with Crippen molar-refractivity contribution in [2.45, 2.75) is 49.4 Å². The van der Waals surface area contributed by atoms with Gasteiger partial charge in [-0.3, -0.25) is 9.69 Å². The molecule has 0 bridgehead atoms. The molecule has 0 N–H and O–H groups in total. The number of esters is 1. The third-order valence-electron chi connectivity index (χ3n) is 3.98. The van der Waals surface area contributed by atoms with Crippen LogP contribution in [0.1, 0.15) is 32.1 Å². The Morgan fingerprint density at radius 2 is 1.94 bits per heavy atom. The van der Waals surface area contributed by atoms with E-state index in [-0.39, 0.29) is 12.0 Å². The average molecular weight is 243 g/mol. The van der Waals surface area contributed by atoms with E-state index in [9.17, 15) is 4.79 Å². The topological polar surface area (TPSA) is 29.5 Å². The number of methoxy groups -OCH3 is 1. The molecular weight excluding hydrogens is 222 g/mol. The van der Waals surface area contributed by atoms with Crippen LogP contribution in [0.5, 0.6) is 0 Å². The second-order valence-electron chi connectivity index (χ2n) is 4.73. The van der Waals surface area contributed by atoms with Gasteiger partial charge in [0.2, 0.25) is 0 Å². The summed E-state index contributed by atoms with van der Waals surface area (Å²) in [5.74, 6) is -0.0433. The van der Waals surface area contributed by atoms with Crippen molar-refractivity contribution in [3.8, 4) is 0 Å². The van der Waals surface area contributed by atoms with E-state index in [1.165, 1.54) is 32.8 Å². The smallest absolute Gasteiger partial charge is 0.323 e. The normalized spacial score (nSPS) is 35.5. The van der Waals surface area contributed by atoms with Crippen LogP contribution in [0.4, 0.5) is 0 Å². The van der Waals surface area contributed by atoms with Crippen molar-refractivity contribution in [2.75, 3.05) is 19.9 Å². The van der Waals surface area contributed by atoms with Crippen LogP contribution >= 0.6 is 11.8 Å². The molecule has 1 saturated heterocycles. The maximum absolute atomic E-state index is 11.5. The van der Waals surface area contributed by atoms with Crippen LogP contribution in [0.25, 0.3) is 0 Å². The van der Waals surface area contributed by atoms with Gasteiger partial charge in [-0.2, -0.15) is 11.8 Å². The molecule has 1 aliphatic heterocycles. The van der Waals surface area contributed by atoms with Gasteiger partial charge in [-0.25, -0.2) is 0 Å². The molecule has 92 valence electrons. The Balaban J connectivity index is 1.83. The van der Waals surface area contributed by atoms with Gasteiger partial charge in [0.05, 0.1) is 7.11 Å². The van der Waals surface area contributed by atoms with Gasteiger partial charge in [-0.15, -0.1) is 0 Å². The van der Waals surface area contributed by atoms with Crippen LogP contribution in [-0.2, 0) is 9.53 Å². The van der Waals surface area contributed by atoms with Gasteiger partial charge in [-0.05, 0) is 38.4 Å². The quantitative estimate of drug-likeness (QED) is 0.708. The molecule has 3 nitrogen and oxygen atoms in total. The molecule has 0 amide bonds. The first kappa shape index (κ1) is 12.2. The van der Waals surface area contributed by atoms with Crippen molar-refractivity contribution < 1.29 is 9.53 Å². The third kappa shape index (κ3) is 2.38. The molecular formula is C12H21NO2S. The van der Waals surface area contributed by atoms with E-state index in [0.29, 0.717) is 6.04 Å². The fraction of sp³-hybridized carbons (Fsp3) is 0.917. The summed E-state index contributed by atoms with van der Waals surface area (Å²) in [7, 11) is 1.49. The lowest BCUT2D eigenvalue weighted by molar-refractivity contribution is -0.154. The lowest BCUT2D eigenvalue weighted by Gasteiger charge is -2.46. The molecule has 1 unspecified atom stereocenters. The number of nitrogens with zero attached hydrogens (tertiary/aromatic N) is 1. The molecule has 0 aromatic rings. The molecule has 1 aliphatic carbocycles. The zero-order valence-electron chi connectivity index (χ0n) is 10.1. The first-order valence-corrected chi connectivity index (χ1v) is 7.41. The van der Waals surface area contributed by atoms with E-state index < -0.39 is 0 Å². The highest BCUT2D eigenvalue weighted by atomic mass is 32.2. The summed E-state index contributed by atoms with van der Waals surface area (Å²) >= 11 is 1.99. The monoisotopic (exact) mass is 243 g/mol. The van der Waals surface area contributed by atoms with Crippen LogP contribution in [0.15, 0.2) is 0 Å². The van der Waals surface area contributed by atoms with Crippen molar-refractivity contribution in [3.63, 3.8) is 0 Å². The minimum absolute atomic E-state index is 0.0433. The molecule has 4 heteroatoms. The summed E-state index contributed by atoms with van der Waals surface area (Å²) in [5.41, 5.74) is 0. The highest BCUT2D eigenvalue weighted by molar-refractivity contribution is 7.99. The Morgan fingerprint density at radius 1 is 1.25 bits per heavy atom. The van der Waals surface area contributed by atoms with Crippen molar-refractivity contribution in [1.82, 2.24) is 4.90 Å². The molecule has 0 radical (unpaired) electrons. The number of hydrogen-bond acceptors (Lipinski definition) is 4. The molecule has 2 fully saturated rings. The molecule has 0 aromatic heterocycles. The fourth-order valence-electron chi connectivity index (χ4n) is 2.85. The summed E-state index contributed by atoms with van der Waals surface area (Å²) in [5, 5.41) is 0.842. The lowest BCUT2D eigenvalue weighted by atomic mass is 9.89. The second-order valence-corrected chi connectivity index (χ2v) is 5.87. The lowest BCUT2D eigenvalue weighted by Crippen LogP contribution is -2.58. The average Bonchev–Trinajstić information content (AvgIpc) is 2.28. The van der Waals surface area contributed by atoms with Gasteiger partial charge >= 0.3 is 5.97 Å². The van der Waals surface area contributed by atoms with Gasteiger partial charge in [0.1, 0.15) is 6.04 Å². The molecule has 16 heavy (non-hydrogen) atoms. The van der Waals surface area contributed by atoms with Crippen molar-refractivity contribution in [2.24, 2.45) is 0 Å². The predicted octanol–water partition coefficient (Wildman–Crippen LogP) is 1.91. The highest BCUT2D eigenvalue weighted by Crippen LogP contribution is 2.33. The van der Waals surface area contributed by atoms with Gasteiger partial charge in [-0.1, -0.05) is 0 Å². The Kier molecular flexibility index (Phi) is 4.14. The molecule has 0 aromatic carbocycles. The van der Waals surface area contributed by atoms with Gasteiger partial charge in [0.15, 0.2) is 0 Å². The van der Waals surface area contributed by atoms with Crippen LogP contribution < -0.4 is 0 Å². The van der Waals surface area contributed by atoms with Gasteiger partial charge in [0.25, 0.3) is 0 Å². The molecule has 2 aliphatic rings. The maximum atomic E-state index is 11.5. The molecule has 0 spiro atoms. The van der Waals surface area contributed by atoms with E-state index in [0.717, 1.165) is 18.2 Å². The first-order valence-electron chi connectivity index (χ1n) is 6.12. The van der Waals surface area contributed by atoms with E-state index in [1.54, 1.807) is 0 Å². The predicted molar refractivity (Wildman–Crippen MR) is 66.7 cm³/mol. The second kappa shape index (κ2) is 5.41. The number of rotatable bonds is 3.